The predicted molar refractivity (Wildman–Crippen MR) is 101 cm³/mol. The van der Waals surface area contributed by atoms with Gasteiger partial charge in [-0.15, -0.1) is 0 Å². The molecule has 2 atom stereocenters. The minimum absolute atomic E-state index is 0.0116. The molecule has 13 heteroatoms. The highest BCUT2D eigenvalue weighted by Gasteiger charge is 2.49. The van der Waals surface area contributed by atoms with Gasteiger partial charge in [0.05, 0.1) is 16.8 Å². The van der Waals surface area contributed by atoms with E-state index in [0.717, 1.165) is 18.3 Å². The Kier molecular flexibility index (Phi) is 5.39. The van der Waals surface area contributed by atoms with Crippen molar-refractivity contribution in [2.75, 3.05) is 30.4 Å². The summed E-state index contributed by atoms with van der Waals surface area (Å²) in [6, 6.07) is 2.70. The topological polar surface area (TPSA) is 79.4 Å². The third-order valence-corrected chi connectivity index (χ3v) is 5.33. The van der Waals surface area contributed by atoms with Crippen molar-refractivity contribution in [3.05, 3.63) is 35.5 Å². The molecule has 0 bridgehead atoms. The van der Waals surface area contributed by atoms with Gasteiger partial charge in [-0.25, -0.2) is 14.8 Å². The lowest BCUT2D eigenvalue weighted by Crippen LogP contribution is -2.34. The summed E-state index contributed by atoms with van der Waals surface area (Å²) in [6.07, 6.45) is -12.1. The Labute approximate surface area is 177 Å². The summed E-state index contributed by atoms with van der Waals surface area (Å²) in [4.78, 5) is 21.2. The molecule has 0 aliphatic carbocycles. The number of rotatable bonds is 3. The van der Waals surface area contributed by atoms with Gasteiger partial charge in [-0.3, -0.25) is 5.32 Å². The van der Waals surface area contributed by atoms with Crippen molar-refractivity contribution in [3.8, 4) is 11.3 Å². The fraction of sp³-hybridized carbons (Fsp3) is 0.421. The van der Waals surface area contributed by atoms with E-state index in [-0.39, 0.29) is 23.1 Å². The van der Waals surface area contributed by atoms with Crippen LogP contribution in [0.15, 0.2) is 24.4 Å². The van der Waals surface area contributed by atoms with E-state index < -0.39 is 41.5 Å². The van der Waals surface area contributed by atoms with Gasteiger partial charge in [0.1, 0.15) is 11.6 Å². The van der Waals surface area contributed by atoms with Gasteiger partial charge in [-0.05, 0) is 31.7 Å². The van der Waals surface area contributed by atoms with Gasteiger partial charge < -0.3 is 15.0 Å². The number of pyridine rings is 2. The highest BCUT2D eigenvalue weighted by Crippen LogP contribution is 2.46. The second-order valence-corrected chi connectivity index (χ2v) is 7.39. The van der Waals surface area contributed by atoms with Crippen LogP contribution in [0, 0.1) is 0 Å². The SMILES string of the molecule is CN[C@@H]1CCN(c2cc(C(F)(F)F)cc(-c3ccnc4c3C(C(F)(F)F)OC(=O)N4)n2)C1. The van der Waals surface area contributed by atoms with Crippen LogP contribution < -0.4 is 15.5 Å². The van der Waals surface area contributed by atoms with Crippen molar-refractivity contribution in [2.45, 2.75) is 30.9 Å². The van der Waals surface area contributed by atoms with E-state index in [9.17, 15) is 31.1 Å². The molecule has 4 rings (SSSR count). The average molecular weight is 461 g/mol. The first-order valence-corrected chi connectivity index (χ1v) is 9.52. The Hall–Kier alpha value is -3.09. The molecule has 2 aromatic heterocycles. The molecule has 1 unspecified atom stereocenters. The number of likely N-dealkylation sites (N-methyl/N-ethyl adjacent to an activating group) is 1. The highest BCUT2D eigenvalue weighted by atomic mass is 19.4. The molecule has 7 nitrogen and oxygen atoms in total. The number of hydrogen-bond donors (Lipinski definition) is 2. The molecule has 2 aliphatic rings. The minimum Gasteiger partial charge on any atom is -0.431 e. The van der Waals surface area contributed by atoms with Gasteiger partial charge in [0.2, 0.25) is 6.10 Å². The third-order valence-electron chi connectivity index (χ3n) is 5.33. The standard InChI is InChI=1S/C19H17F6N5O2/c1-26-10-3-5-30(8-10)13-7-9(18(20,21)22)6-12(28-13)11-2-4-27-16-14(11)15(19(23,24)25)32-17(31)29-16/h2,4,6-7,10,15,26H,3,5,8H2,1H3,(H,27,29,31)/t10-,15?/m1/s1. The second-order valence-electron chi connectivity index (χ2n) is 7.39. The molecule has 0 spiro atoms. The number of anilines is 2. The van der Waals surface area contributed by atoms with Gasteiger partial charge in [0.25, 0.3) is 0 Å². The first-order valence-electron chi connectivity index (χ1n) is 9.52. The molecule has 0 saturated carbocycles. The lowest BCUT2D eigenvalue weighted by molar-refractivity contribution is -0.206. The van der Waals surface area contributed by atoms with E-state index in [1.807, 2.05) is 0 Å². The third kappa shape index (κ3) is 4.16. The number of nitrogens with zero attached hydrogens (tertiary/aromatic N) is 3. The molecular weight excluding hydrogens is 444 g/mol. The molecule has 2 aromatic rings. The van der Waals surface area contributed by atoms with Crippen LogP contribution in [0.4, 0.5) is 42.8 Å². The Bertz CT molecular complexity index is 1040. The van der Waals surface area contributed by atoms with Crippen molar-refractivity contribution in [1.29, 1.82) is 0 Å². The number of nitrogens with one attached hydrogen (secondary N) is 2. The molecule has 172 valence electrons. The lowest BCUT2D eigenvalue weighted by Gasteiger charge is -2.29. The van der Waals surface area contributed by atoms with Crippen molar-refractivity contribution in [3.63, 3.8) is 0 Å². The molecule has 1 amide bonds. The number of halogens is 6. The number of hydrogen-bond acceptors (Lipinski definition) is 6. The monoisotopic (exact) mass is 461 g/mol. The van der Waals surface area contributed by atoms with Crippen LogP contribution in [0.5, 0.6) is 0 Å². The zero-order valence-electron chi connectivity index (χ0n) is 16.5. The van der Waals surface area contributed by atoms with Crippen LogP contribution in [0.25, 0.3) is 11.3 Å². The normalized spacial score (nSPS) is 21.2. The molecule has 0 radical (unpaired) electrons. The number of ether oxygens (including phenoxy) is 1. The summed E-state index contributed by atoms with van der Waals surface area (Å²) in [6.45, 7) is 0.821. The van der Waals surface area contributed by atoms with E-state index in [2.05, 4.69) is 25.3 Å². The van der Waals surface area contributed by atoms with Gasteiger partial charge in [0.15, 0.2) is 0 Å². The number of alkyl halides is 6. The number of cyclic esters (lactones) is 1. The largest absolute Gasteiger partial charge is 0.431 e. The molecule has 2 aliphatic heterocycles. The number of carbonyl (C=O) groups is 1. The first-order chi connectivity index (χ1) is 15.0. The first kappa shape index (κ1) is 22.1. The maximum absolute atomic E-state index is 13.6. The summed E-state index contributed by atoms with van der Waals surface area (Å²) in [5.41, 5.74) is -2.27. The van der Waals surface area contributed by atoms with Crippen molar-refractivity contribution < 1.29 is 35.9 Å². The second kappa shape index (κ2) is 7.80. The van der Waals surface area contributed by atoms with E-state index >= 15 is 0 Å². The van der Waals surface area contributed by atoms with Gasteiger partial charge >= 0.3 is 18.4 Å². The summed E-state index contributed by atoms with van der Waals surface area (Å²) in [5.74, 6) is -0.458. The summed E-state index contributed by atoms with van der Waals surface area (Å²) < 4.78 is 86.1. The van der Waals surface area contributed by atoms with Crippen LogP contribution in [0.1, 0.15) is 23.7 Å². The van der Waals surface area contributed by atoms with E-state index in [1.165, 1.54) is 0 Å². The molecule has 1 fully saturated rings. The highest BCUT2D eigenvalue weighted by molar-refractivity contribution is 5.89. The van der Waals surface area contributed by atoms with E-state index in [4.69, 9.17) is 0 Å². The van der Waals surface area contributed by atoms with Crippen LogP contribution in [-0.2, 0) is 10.9 Å². The van der Waals surface area contributed by atoms with Gasteiger partial charge in [0, 0.05) is 30.9 Å². The zero-order chi connectivity index (χ0) is 23.3. The molecule has 1 saturated heterocycles. The zero-order valence-corrected chi connectivity index (χ0v) is 16.5. The maximum atomic E-state index is 13.6. The number of carbonyl (C=O) groups excluding carboxylic acids is 1. The number of amides is 1. The van der Waals surface area contributed by atoms with Gasteiger partial charge in [-0.1, -0.05) is 0 Å². The van der Waals surface area contributed by atoms with Crippen molar-refractivity contribution in [1.82, 2.24) is 15.3 Å². The molecule has 0 aromatic carbocycles. The molecule has 2 N–H and O–H groups in total. The lowest BCUT2D eigenvalue weighted by atomic mass is 9.98. The Morgan fingerprint density at radius 1 is 1.22 bits per heavy atom. The fourth-order valence-corrected chi connectivity index (χ4v) is 3.77. The van der Waals surface area contributed by atoms with Crippen LogP contribution >= 0.6 is 0 Å². The van der Waals surface area contributed by atoms with Gasteiger partial charge in [-0.2, -0.15) is 26.3 Å². The van der Waals surface area contributed by atoms with E-state index in [0.29, 0.717) is 25.6 Å². The fourth-order valence-electron chi connectivity index (χ4n) is 3.77. The van der Waals surface area contributed by atoms with Crippen LogP contribution in [0.3, 0.4) is 0 Å². The maximum Gasteiger partial charge on any atom is 0.430 e. The van der Waals surface area contributed by atoms with Crippen molar-refractivity contribution >= 4 is 17.7 Å². The molecule has 4 heterocycles. The summed E-state index contributed by atoms with van der Waals surface area (Å²) in [5, 5.41) is 5.10. The summed E-state index contributed by atoms with van der Waals surface area (Å²) >= 11 is 0. The summed E-state index contributed by atoms with van der Waals surface area (Å²) in [7, 11) is 1.73. The molecule has 32 heavy (non-hydrogen) atoms. The quantitative estimate of drug-likeness (QED) is 0.670. The van der Waals surface area contributed by atoms with Crippen LogP contribution in [0.2, 0.25) is 0 Å². The molecular formula is C19H17F6N5O2. The minimum atomic E-state index is -5.01. The smallest absolute Gasteiger partial charge is 0.430 e. The predicted octanol–water partition coefficient (Wildman–Crippen LogP) is 4.13. The number of fused-ring (bicyclic) bond motifs is 1. The Morgan fingerprint density at radius 3 is 2.59 bits per heavy atom. The van der Waals surface area contributed by atoms with Crippen LogP contribution in [-0.4, -0.2) is 48.4 Å². The Morgan fingerprint density at radius 2 is 1.97 bits per heavy atom. The Balaban J connectivity index is 1.88. The average Bonchev–Trinajstić information content (AvgIpc) is 3.20. The number of aromatic nitrogens is 2. The van der Waals surface area contributed by atoms with E-state index in [1.54, 1.807) is 11.9 Å². The van der Waals surface area contributed by atoms with Crippen molar-refractivity contribution in [2.24, 2.45) is 0 Å².